The molecule has 130 valence electrons. The number of nitrogens with one attached hydrogen (secondary N) is 1. The molecular weight excluding hydrogens is 339 g/mol. The lowest BCUT2D eigenvalue weighted by atomic mass is 9.87. The van der Waals surface area contributed by atoms with E-state index in [1.54, 1.807) is 0 Å². The Bertz CT molecular complexity index is 652. The number of aliphatic carboxylic acids is 1. The number of hydrogen-bond acceptors (Lipinski definition) is 3. The number of amides is 2. The molecule has 1 aromatic carbocycles. The molecule has 0 radical (unpaired) electrons. The summed E-state index contributed by atoms with van der Waals surface area (Å²) in [5.41, 5.74) is -1.43. The van der Waals surface area contributed by atoms with Crippen LogP contribution in [-0.4, -0.2) is 46.4 Å². The van der Waals surface area contributed by atoms with Crippen LogP contribution in [0.1, 0.15) is 25.3 Å². The number of piperidine rings is 1. The second kappa shape index (κ2) is 7.17. The van der Waals surface area contributed by atoms with Gasteiger partial charge >= 0.3 is 5.97 Å². The Morgan fingerprint density at radius 1 is 1.33 bits per heavy atom. The first kappa shape index (κ1) is 18.2. The number of hydrogen-bond donors (Lipinski definition) is 2. The summed E-state index contributed by atoms with van der Waals surface area (Å²) in [5.74, 6) is -2.55. The first-order valence-electron chi connectivity index (χ1n) is 7.48. The molecule has 24 heavy (non-hydrogen) atoms. The maximum atomic E-state index is 13.8. The van der Waals surface area contributed by atoms with E-state index in [0.717, 1.165) is 0 Å². The van der Waals surface area contributed by atoms with E-state index in [-0.39, 0.29) is 48.8 Å². The van der Waals surface area contributed by atoms with Crippen LogP contribution in [-0.2, 0) is 20.8 Å². The number of rotatable bonds is 4. The molecule has 0 bridgehead atoms. The fourth-order valence-corrected chi connectivity index (χ4v) is 3.00. The summed E-state index contributed by atoms with van der Waals surface area (Å²) in [6.45, 7) is 1.89. The number of carbonyl (C=O) groups is 3. The number of carboxylic acid groups (broad SMARTS) is 1. The van der Waals surface area contributed by atoms with Gasteiger partial charge in [0.25, 0.3) is 0 Å². The Balaban J connectivity index is 2.10. The zero-order chi connectivity index (χ0) is 17.9. The van der Waals surface area contributed by atoms with E-state index in [0.29, 0.717) is 0 Å². The molecule has 2 rings (SSSR count). The van der Waals surface area contributed by atoms with E-state index in [1.807, 2.05) is 0 Å². The highest BCUT2D eigenvalue weighted by Crippen LogP contribution is 2.24. The summed E-state index contributed by atoms with van der Waals surface area (Å²) < 4.78 is 13.8. The van der Waals surface area contributed by atoms with Crippen LogP contribution in [0.5, 0.6) is 0 Å². The van der Waals surface area contributed by atoms with E-state index in [9.17, 15) is 23.9 Å². The Hall–Kier alpha value is -2.15. The lowest BCUT2D eigenvalue weighted by Gasteiger charge is -2.39. The van der Waals surface area contributed by atoms with Gasteiger partial charge in [0.15, 0.2) is 0 Å². The van der Waals surface area contributed by atoms with Crippen LogP contribution in [0.3, 0.4) is 0 Å². The van der Waals surface area contributed by atoms with Crippen LogP contribution in [0.2, 0.25) is 5.02 Å². The summed E-state index contributed by atoms with van der Waals surface area (Å²) in [4.78, 5) is 36.8. The molecule has 1 heterocycles. The van der Waals surface area contributed by atoms with Gasteiger partial charge in [0.05, 0.1) is 6.42 Å². The summed E-state index contributed by atoms with van der Waals surface area (Å²) in [5, 5.41) is 12.1. The van der Waals surface area contributed by atoms with Gasteiger partial charge in [-0.25, -0.2) is 9.18 Å². The number of carbonyl (C=O) groups excluding carboxylic acids is 2. The first-order chi connectivity index (χ1) is 11.2. The summed E-state index contributed by atoms with van der Waals surface area (Å²) in [7, 11) is 0. The highest BCUT2D eigenvalue weighted by atomic mass is 35.5. The van der Waals surface area contributed by atoms with Gasteiger partial charge in [-0.2, -0.15) is 0 Å². The second-order valence-corrected chi connectivity index (χ2v) is 6.23. The highest BCUT2D eigenvalue weighted by Gasteiger charge is 2.43. The number of nitrogens with zero attached hydrogens (tertiary/aromatic N) is 1. The molecule has 1 aromatic rings. The van der Waals surface area contributed by atoms with Crippen molar-refractivity contribution < 1.29 is 23.9 Å². The third kappa shape index (κ3) is 3.84. The Labute approximate surface area is 143 Å². The molecular formula is C16H18ClFN2O4. The SMILES string of the molecule is CC(=O)N1CCC(NC(=O)Cc2c(F)cccc2Cl)(C(=O)O)CC1. The van der Waals surface area contributed by atoms with Crippen LogP contribution in [0.25, 0.3) is 0 Å². The van der Waals surface area contributed by atoms with Gasteiger partial charge in [-0.3, -0.25) is 9.59 Å². The van der Waals surface area contributed by atoms with Gasteiger partial charge < -0.3 is 15.3 Å². The molecule has 0 aromatic heterocycles. The number of carboxylic acids is 1. The maximum absolute atomic E-state index is 13.8. The molecule has 0 aliphatic carbocycles. The summed E-state index contributed by atoms with van der Waals surface area (Å²) in [6, 6.07) is 4.08. The Morgan fingerprint density at radius 2 is 1.96 bits per heavy atom. The van der Waals surface area contributed by atoms with Crippen molar-refractivity contribution in [1.29, 1.82) is 0 Å². The van der Waals surface area contributed by atoms with Gasteiger partial charge in [-0.15, -0.1) is 0 Å². The monoisotopic (exact) mass is 356 g/mol. The smallest absolute Gasteiger partial charge is 0.329 e. The standard InChI is InChI=1S/C16H18ClFN2O4/c1-10(21)20-7-5-16(6-8-20,15(23)24)19-14(22)9-11-12(17)3-2-4-13(11)18/h2-4H,5-9H2,1H3,(H,19,22)(H,23,24). The van der Waals surface area contributed by atoms with Crippen molar-refractivity contribution in [3.8, 4) is 0 Å². The minimum absolute atomic E-state index is 0.0263. The van der Waals surface area contributed by atoms with Crippen molar-refractivity contribution in [2.24, 2.45) is 0 Å². The molecule has 6 nitrogen and oxygen atoms in total. The highest BCUT2D eigenvalue weighted by molar-refractivity contribution is 6.31. The molecule has 0 unspecified atom stereocenters. The van der Waals surface area contributed by atoms with Crippen molar-refractivity contribution in [3.63, 3.8) is 0 Å². The van der Waals surface area contributed by atoms with E-state index < -0.39 is 23.2 Å². The van der Waals surface area contributed by atoms with Crippen molar-refractivity contribution >= 4 is 29.4 Å². The minimum Gasteiger partial charge on any atom is -0.480 e. The van der Waals surface area contributed by atoms with E-state index in [2.05, 4.69) is 5.32 Å². The van der Waals surface area contributed by atoms with Crippen molar-refractivity contribution in [3.05, 3.63) is 34.6 Å². The van der Waals surface area contributed by atoms with Crippen molar-refractivity contribution in [1.82, 2.24) is 10.2 Å². The fourth-order valence-electron chi connectivity index (χ4n) is 2.77. The number of benzene rings is 1. The Kier molecular flexibility index (Phi) is 5.43. The number of likely N-dealkylation sites (tertiary alicyclic amines) is 1. The molecule has 1 aliphatic rings. The quantitative estimate of drug-likeness (QED) is 0.858. The predicted octanol–water partition coefficient (Wildman–Crippen LogP) is 1.60. The van der Waals surface area contributed by atoms with Crippen LogP contribution in [0.15, 0.2) is 18.2 Å². The fraction of sp³-hybridized carbons (Fsp3) is 0.438. The molecule has 0 spiro atoms. The van der Waals surface area contributed by atoms with Crippen molar-refractivity contribution in [2.45, 2.75) is 31.7 Å². The van der Waals surface area contributed by atoms with Gasteiger partial charge in [-0.1, -0.05) is 17.7 Å². The lowest BCUT2D eigenvalue weighted by molar-refractivity contribution is -0.151. The molecule has 1 fully saturated rings. The third-order valence-electron chi connectivity index (χ3n) is 4.25. The Morgan fingerprint density at radius 3 is 2.46 bits per heavy atom. The van der Waals surface area contributed by atoms with E-state index >= 15 is 0 Å². The van der Waals surface area contributed by atoms with Gasteiger partial charge in [-0.05, 0) is 25.0 Å². The number of halogens is 2. The van der Waals surface area contributed by atoms with Gasteiger partial charge in [0.2, 0.25) is 11.8 Å². The molecule has 0 atom stereocenters. The van der Waals surface area contributed by atoms with Crippen LogP contribution in [0.4, 0.5) is 4.39 Å². The third-order valence-corrected chi connectivity index (χ3v) is 4.60. The molecule has 2 N–H and O–H groups in total. The molecule has 2 amide bonds. The van der Waals surface area contributed by atoms with Crippen molar-refractivity contribution in [2.75, 3.05) is 13.1 Å². The van der Waals surface area contributed by atoms with E-state index in [1.165, 1.54) is 30.0 Å². The molecule has 1 aliphatic heterocycles. The summed E-state index contributed by atoms with van der Waals surface area (Å²) in [6.07, 6.45) is -0.158. The maximum Gasteiger partial charge on any atom is 0.329 e. The van der Waals surface area contributed by atoms with Crippen LogP contribution >= 0.6 is 11.6 Å². The average Bonchev–Trinajstić information content (AvgIpc) is 2.51. The second-order valence-electron chi connectivity index (χ2n) is 5.82. The molecule has 0 saturated carbocycles. The minimum atomic E-state index is -1.46. The predicted molar refractivity (Wildman–Crippen MR) is 85.1 cm³/mol. The zero-order valence-corrected chi connectivity index (χ0v) is 13.9. The first-order valence-corrected chi connectivity index (χ1v) is 7.86. The zero-order valence-electron chi connectivity index (χ0n) is 13.1. The average molecular weight is 357 g/mol. The lowest BCUT2D eigenvalue weighted by Crippen LogP contribution is -2.60. The normalized spacial score (nSPS) is 16.5. The largest absolute Gasteiger partial charge is 0.480 e. The molecule has 1 saturated heterocycles. The summed E-state index contributed by atoms with van der Waals surface area (Å²) >= 11 is 5.89. The van der Waals surface area contributed by atoms with Crippen LogP contribution in [0, 0.1) is 5.82 Å². The van der Waals surface area contributed by atoms with E-state index in [4.69, 9.17) is 11.6 Å². The van der Waals surface area contributed by atoms with Crippen LogP contribution < -0.4 is 5.32 Å². The van der Waals surface area contributed by atoms with Gasteiger partial charge in [0, 0.05) is 30.6 Å². The topological polar surface area (TPSA) is 86.7 Å². The van der Waals surface area contributed by atoms with Gasteiger partial charge in [0.1, 0.15) is 11.4 Å². The molecule has 8 heteroatoms.